The number of anilines is 1. The Balaban J connectivity index is 1.61. The molecule has 1 aromatic heterocycles. The first-order chi connectivity index (χ1) is 13.6. The van der Waals surface area contributed by atoms with E-state index < -0.39 is 0 Å². The van der Waals surface area contributed by atoms with Crippen molar-refractivity contribution in [1.82, 2.24) is 14.9 Å². The zero-order valence-corrected chi connectivity index (χ0v) is 18.5. The molecule has 1 saturated heterocycles. The molecule has 0 bridgehead atoms. The molecule has 5 nitrogen and oxygen atoms in total. The molecule has 2 aromatic rings. The van der Waals surface area contributed by atoms with Gasteiger partial charge in [-0.3, -0.25) is 9.69 Å². The van der Waals surface area contributed by atoms with Crippen LogP contribution in [0.4, 0.5) is 5.69 Å². The molecular weight excluding hydrogens is 388 g/mol. The number of nitrogens with zero attached hydrogens (tertiary/aromatic N) is 3. The minimum atomic E-state index is 0.0365. The number of para-hydroxylation sites is 1. The molecule has 28 heavy (non-hydrogen) atoms. The van der Waals surface area contributed by atoms with Crippen LogP contribution in [0.15, 0.2) is 29.4 Å². The summed E-state index contributed by atoms with van der Waals surface area (Å²) >= 11 is 3.55. The molecule has 7 heteroatoms. The Kier molecular flexibility index (Phi) is 7.76. The van der Waals surface area contributed by atoms with Crippen LogP contribution in [0.1, 0.15) is 28.9 Å². The summed E-state index contributed by atoms with van der Waals surface area (Å²) in [5.74, 6) is 2.41. The molecule has 0 spiro atoms. The van der Waals surface area contributed by atoms with Crippen LogP contribution in [0.3, 0.4) is 0 Å². The maximum atomic E-state index is 12.6. The fourth-order valence-corrected chi connectivity index (χ4v) is 4.83. The predicted octanol–water partition coefficient (Wildman–Crippen LogP) is 3.94. The molecule has 1 fully saturated rings. The number of benzene rings is 1. The van der Waals surface area contributed by atoms with Gasteiger partial charge in [0.15, 0.2) is 5.16 Å². The van der Waals surface area contributed by atoms with E-state index in [2.05, 4.69) is 26.3 Å². The Morgan fingerprint density at radius 2 is 1.86 bits per heavy atom. The number of carbonyl (C=O) groups excluding carboxylic acids is 1. The predicted molar refractivity (Wildman–Crippen MR) is 119 cm³/mol. The molecule has 3 rings (SSSR count). The fraction of sp³-hybridized carbons (Fsp3) is 0.476. The van der Waals surface area contributed by atoms with Gasteiger partial charge in [-0.1, -0.05) is 30.0 Å². The van der Waals surface area contributed by atoms with Crippen LogP contribution in [0, 0.1) is 13.8 Å². The molecule has 0 aliphatic carbocycles. The van der Waals surface area contributed by atoms with E-state index in [0.717, 1.165) is 47.4 Å². The lowest BCUT2D eigenvalue weighted by Crippen LogP contribution is -2.32. The van der Waals surface area contributed by atoms with Crippen molar-refractivity contribution in [2.24, 2.45) is 0 Å². The molecule has 150 valence electrons. The lowest BCUT2D eigenvalue weighted by molar-refractivity contribution is -0.116. The maximum absolute atomic E-state index is 12.6. The maximum Gasteiger partial charge on any atom is 0.224 e. The first kappa shape index (κ1) is 21.1. The molecule has 1 aliphatic rings. The Labute approximate surface area is 176 Å². The number of carbonyl (C=O) groups is 1. The highest BCUT2D eigenvalue weighted by Crippen LogP contribution is 2.21. The summed E-state index contributed by atoms with van der Waals surface area (Å²) in [5.41, 5.74) is 5.11. The molecule has 2 heterocycles. The number of hydrogen-bond donors (Lipinski definition) is 1. The van der Waals surface area contributed by atoms with Gasteiger partial charge in [-0.25, -0.2) is 9.97 Å². The van der Waals surface area contributed by atoms with E-state index in [4.69, 9.17) is 0 Å². The lowest BCUT2D eigenvalue weighted by atomic mass is 10.1. The SMILES string of the molecule is CSc1nc(C)c(CCC(=O)Nc2ccccc2CN2CCSCC2)c(C)n1. The monoisotopic (exact) mass is 416 g/mol. The van der Waals surface area contributed by atoms with Crippen molar-refractivity contribution < 1.29 is 4.79 Å². The Morgan fingerprint density at radius 1 is 1.18 bits per heavy atom. The topological polar surface area (TPSA) is 58.1 Å². The van der Waals surface area contributed by atoms with E-state index in [1.165, 1.54) is 17.1 Å². The first-order valence-electron chi connectivity index (χ1n) is 9.62. The van der Waals surface area contributed by atoms with Crippen LogP contribution >= 0.6 is 23.5 Å². The smallest absolute Gasteiger partial charge is 0.224 e. The Bertz CT molecular complexity index is 799. The Hall–Kier alpha value is -1.57. The molecular formula is C21H28N4OS2. The van der Waals surface area contributed by atoms with Gasteiger partial charge >= 0.3 is 0 Å². The van der Waals surface area contributed by atoms with E-state index in [1.54, 1.807) is 11.8 Å². The van der Waals surface area contributed by atoms with Crippen molar-refractivity contribution >= 4 is 35.1 Å². The quantitative estimate of drug-likeness (QED) is 0.545. The number of amides is 1. The van der Waals surface area contributed by atoms with Crippen LogP contribution in [0.2, 0.25) is 0 Å². The van der Waals surface area contributed by atoms with Crippen molar-refractivity contribution in [3.63, 3.8) is 0 Å². The standard InChI is InChI=1S/C21H28N4OS2/c1-15-18(16(2)23-21(22-15)27-3)8-9-20(26)24-19-7-5-4-6-17(19)14-25-10-12-28-13-11-25/h4-7H,8-14H2,1-3H3,(H,24,26). The van der Waals surface area contributed by atoms with E-state index in [1.807, 2.05) is 50.1 Å². The molecule has 0 saturated carbocycles. The van der Waals surface area contributed by atoms with Crippen LogP contribution in [-0.4, -0.2) is 51.6 Å². The summed E-state index contributed by atoms with van der Waals surface area (Å²) in [4.78, 5) is 24.1. The number of thioether (sulfide) groups is 2. The molecule has 0 atom stereocenters. The average Bonchev–Trinajstić information content (AvgIpc) is 2.69. The minimum Gasteiger partial charge on any atom is -0.326 e. The van der Waals surface area contributed by atoms with Gasteiger partial charge in [0.25, 0.3) is 0 Å². The van der Waals surface area contributed by atoms with Gasteiger partial charge in [0, 0.05) is 54.6 Å². The van der Waals surface area contributed by atoms with Gasteiger partial charge in [0.1, 0.15) is 0 Å². The number of aromatic nitrogens is 2. The van der Waals surface area contributed by atoms with Gasteiger partial charge in [-0.2, -0.15) is 11.8 Å². The highest BCUT2D eigenvalue weighted by Gasteiger charge is 2.15. The third-order valence-corrected chi connectivity index (χ3v) is 6.46. The molecule has 1 amide bonds. The first-order valence-corrected chi connectivity index (χ1v) is 12.0. The number of hydrogen-bond acceptors (Lipinski definition) is 6. The van der Waals surface area contributed by atoms with Crippen LogP contribution in [0.5, 0.6) is 0 Å². The normalized spacial score (nSPS) is 14.8. The van der Waals surface area contributed by atoms with Gasteiger partial charge < -0.3 is 5.32 Å². The second-order valence-corrected chi connectivity index (χ2v) is 8.95. The zero-order valence-electron chi connectivity index (χ0n) is 16.8. The summed E-state index contributed by atoms with van der Waals surface area (Å²) in [6.45, 7) is 7.09. The van der Waals surface area contributed by atoms with Crippen LogP contribution in [-0.2, 0) is 17.8 Å². The van der Waals surface area contributed by atoms with Crippen molar-refractivity contribution in [3.05, 3.63) is 46.8 Å². The van der Waals surface area contributed by atoms with Crippen molar-refractivity contribution in [2.75, 3.05) is 36.2 Å². The molecule has 0 unspecified atom stereocenters. The number of aryl methyl sites for hydroxylation is 2. The molecule has 1 N–H and O–H groups in total. The molecule has 1 aromatic carbocycles. The highest BCUT2D eigenvalue weighted by atomic mass is 32.2. The summed E-state index contributed by atoms with van der Waals surface area (Å²) in [6.07, 6.45) is 3.06. The fourth-order valence-electron chi connectivity index (χ4n) is 3.39. The number of rotatable bonds is 7. The van der Waals surface area contributed by atoms with E-state index in [0.29, 0.717) is 12.8 Å². The summed E-state index contributed by atoms with van der Waals surface area (Å²) in [7, 11) is 0. The summed E-state index contributed by atoms with van der Waals surface area (Å²) in [5, 5.41) is 3.90. The van der Waals surface area contributed by atoms with Crippen molar-refractivity contribution in [1.29, 1.82) is 0 Å². The van der Waals surface area contributed by atoms with E-state index >= 15 is 0 Å². The molecule has 0 radical (unpaired) electrons. The minimum absolute atomic E-state index is 0.0365. The Morgan fingerprint density at radius 3 is 2.54 bits per heavy atom. The van der Waals surface area contributed by atoms with Crippen molar-refractivity contribution in [2.45, 2.75) is 38.4 Å². The average molecular weight is 417 g/mol. The highest BCUT2D eigenvalue weighted by molar-refractivity contribution is 7.99. The van der Waals surface area contributed by atoms with E-state index in [-0.39, 0.29) is 5.91 Å². The van der Waals surface area contributed by atoms with E-state index in [9.17, 15) is 4.79 Å². The second-order valence-electron chi connectivity index (χ2n) is 6.95. The van der Waals surface area contributed by atoms with Crippen LogP contribution < -0.4 is 5.32 Å². The van der Waals surface area contributed by atoms with Crippen LogP contribution in [0.25, 0.3) is 0 Å². The number of nitrogens with one attached hydrogen (secondary N) is 1. The second kappa shape index (κ2) is 10.3. The van der Waals surface area contributed by atoms with Crippen molar-refractivity contribution in [3.8, 4) is 0 Å². The largest absolute Gasteiger partial charge is 0.326 e. The van der Waals surface area contributed by atoms with Gasteiger partial charge in [-0.15, -0.1) is 0 Å². The third kappa shape index (κ3) is 5.72. The summed E-state index contributed by atoms with van der Waals surface area (Å²) in [6, 6.07) is 8.13. The van der Waals surface area contributed by atoms with Gasteiger partial charge in [0.05, 0.1) is 0 Å². The molecule has 1 aliphatic heterocycles. The van der Waals surface area contributed by atoms with Gasteiger partial charge in [-0.05, 0) is 43.7 Å². The zero-order chi connectivity index (χ0) is 19.9. The van der Waals surface area contributed by atoms with Gasteiger partial charge in [0.2, 0.25) is 5.91 Å². The summed E-state index contributed by atoms with van der Waals surface area (Å²) < 4.78 is 0. The lowest BCUT2D eigenvalue weighted by Gasteiger charge is -2.27. The third-order valence-electron chi connectivity index (χ3n) is 4.97.